The van der Waals surface area contributed by atoms with Crippen LogP contribution in [0.1, 0.15) is 6.42 Å². The predicted molar refractivity (Wildman–Crippen MR) is 91.0 cm³/mol. The number of anilines is 1. The van der Waals surface area contributed by atoms with Crippen LogP contribution in [0.3, 0.4) is 0 Å². The molecular weight excluding hydrogens is 292 g/mol. The molecule has 0 aliphatic carbocycles. The molecule has 2 N–H and O–H groups in total. The molecule has 5 nitrogen and oxygen atoms in total. The Morgan fingerprint density at radius 3 is 2.35 bits per heavy atom. The highest BCUT2D eigenvalue weighted by atomic mass is 16.5. The van der Waals surface area contributed by atoms with Crippen LogP contribution < -0.4 is 15.4 Å². The van der Waals surface area contributed by atoms with Crippen molar-refractivity contribution in [2.75, 3.05) is 32.1 Å². The van der Waals surface area contributed by atoms with E-state index in [0.29, 0.717) is 19.6 Å². The lowest BCUT2D eigenvalue weighted by Crippen LogP contribution is -2.24. The molecule has 0 fully saturated rings. The first-order valence-electron chi connectivity index (χ1n) is 7.60. The van der Waals surface area contributed by atoms with Gasteiger partial charge in [-0.1, -0.05) is 18.2 Å². The molecule has 0 unspecified atom stereocenters. The monoisotopic (exact) mass is 314 g/mol. The minimum Gasteiger partial charge on any atom is -0.457 e. The largest absolute Gasteiger partial charge is 0.457 e. The summed E-state index contributed by atoms with van der Waals surface area (Å²) < 4.78 is 10.6. The third-order valence-corrected chi connectivity index (χ3v) is 3.13. The fourth-order valence-electron chi connectivity index (χ4n) is 1.96. The van der Waals surface area contributed by atoms with Crippen molar-refractivity contribution in [3.05, 3.63) is 54.6 Å². The van der Waals surface area contributed by atoms with Crippen LogP contribution in [0.4, 0.5) is 5.69 Å². The van der Waals surface area contributed by atoms with Gasteiger partial charge in [0.1, 0.15) is 11.5 Å². The van der Waals surface area contributed by atoms with Crippen molar-refractivity contribution in [3.8, 4) is 11.5 Å². The summed E-state index contributed by atoms with van der Waals surface area (Å²) in [5.74, 6) is 1.49. The molecule has 23 heavy (non-hydrogen) atoms. The molecule has 0 saturated carbocycles. The van der Waals surface area contributed by atoms with Crippen molar-refractivity contribution in [3.63, 3.8) is 0 Å². The second-order valence-corrected chi connectivity index (χ2v) is 4.98. The Kier molecular flexibility index (Phi) is 7.10. The highest BCUT2D eigenvalue weighted by Gasteiger charge is 2.03. The summed E-state index contributed by atoms with van der Waals surface area (Å²) in [6, 6.07) is 16.9. The van der Waals surface area contributed by atoms with E-state index in [1.807, 2.05) is 54.6 Å². The third-order valence-electron chi connectivity index (χ3n) is 3.13. The van der Waals surface area contributed by atoms with E-state index < -0.39 is 0 Å². The predicted octanol–water partition coefficient (Wildman–Crippen LogP) is 3.04. The summed E-state index contributed by atoms with van der Waals surface area (Å²) >= 11 is 0. The van der Waals surface area contributed by atoms with Crippen LogP contribution >= 0.6 is 0 Å². The average Bonchev–Trinajstić information content (AvgIpc) is 2.57. The van der Waals surface area contributed by atoms with Gasteiger partial charge in [-0.15, -0.1) is 0 Å². The highest BCUT2D eigenvalue weighted by Crippen LogP contribution is 2.22. The topological polar surface area (TPSA) is 59.6 Å². The lowest BCUT2D eigenvalue weighted by atomic mass is 10.3. The molecule has 0 spiro atoms. The van der Waals surface area contributed by atoms with Gasteiger partial charge in [0.2, 0.25) is 5.91 Å². The zero-order valence-corrected chi connectivity index (χ0v) is 13.2. The zero-order valence-electron chi connectivity index (χ0n) is 13.2. The van der Waals surface area contributed by atoms with Crippen LogP contribution in [-0.2, 0) is 9.53 Å². The van der Waals surface area contributed by atoms with Crippen molar-refractivity contribution in [2.24, 2.45) is 0 Å². The minimum atomic E-state index is -0.0216. The molecular formula is C18H22N2O3. The molecule has 0 saturated heterocycles. The molecule has 122 valence electrons. The molecule has 2 aromatic rings. The Hall–Kier alpha value is -2.37. The minimum absolute atomic E-state index is 0.0216. The van der Waals surface area contributed by atoms with Crippen LogP contribution in [0.2, 0.25) is 0 Å². The van der Waals surface area contributed by atoms with Gasteiger partial charge in [-0.05, 0) is 36.4 Å². The third kappa shape index (κ3) is 6.50. The van der Waals surface area contributed by atoms with Gasteiger partial charge in [0.25, 0.3) is 0 Å². The highest BCUT2D eigenvalue weighted by molar-refractivity contribution is 5.90. The summed E-state index contributed by atoms with van der Waals surface area (Å²) in [6.45, 7) is 2.02. The number of carbonyl (C=O) groups is 1. The van der Waals surface area contributed by atoms with Gasteiger partial charge in [0, 0.05) is 32.3 Å². The number of ether oxygens (including phenoxy) is 2. The number of hydrogen-bond acceptors (Lipinski definition) is 4. The van der Waals surface area contributed by atoms with E-state index in [4.69, 9.17) is 9.47 Å². The number of amides is 1. The fraction of sp³-hybridized carbons (Fsp3) is 0.278. The van der Waals surface area contributed by atoms with Crippen LogP contribution in [0.5, 0.6) is 11.5 Å². The molecule has 2 aromatic carbocycles. The fourth-order valence-corrected chi connectivity index (χ4v) is 1.96. The van der Waals surface area contributed by atoms with E-state index in [0.717, 1.165) is 23.7 Å². The summed E-state index contributed by atoms with van der Waals surface area (Å²) in [5.41, 5.74) is 0.757. The lowest BCUT2D eigenvalue weighted by Gasteiger charge is -2.08. The average molecular weight is 314 g/mol. The maximum absolute atomic E-state index is 11.8. The lowest BCUT2D eigenvalue weighted by molar-refractivity contribution is -0.116. The van der Waals surface area contributed by atoms with E-state index in [-0.39, 0.29) is 5.91 Å². The maximum atomic E-state index is 11.8. The smallest absolute Gasteiger partial charge is 0.225 e. The molecule has 1 amide bonds. The van der Waals surface area contributed by atoms with E-state index in [9.17, 15) is 4.79 Å². The molecule has 2 rings (SSSR count). The van der Waals surface area contributed by atoms with Crippen molar-refractivity contribution in [1.82, 2.24) is 5.32 Å². The van der Waals surface area contributed by atoms with E-state index >= 15 is 0 Å². The van der Waals surface area contributed by atoms with Gasteiger partial charge >= 0.3 is 0 Å². The zero-order chi connectivity index (χ0) is 16.3. The molecule has 0 aromatic heterocycles. The summed E-state index contributed by atoms with van der Waals surface area (Å²) in [6.07, 6.45) is 0.423. The van der Waals surface area contributed by atoms with Crippen molar-refractivity contribution in [2.45, 2.75) is 6.42 Å². The van der Waals surface area contributed by atoms with Crippen molar-refractivity contribution >= 4 is 11.6 Å². The van der Waals surface area contributed by atoms with Crippen molar-refractivity contribution in [1.29, 1.82) is 0 Å². The molecule has 0 radical (unpaired) electrons. The standard InChI is InChI=1S/C18H22N2O3/c1-22-14-13-19-12-11-18(21)20-15-7-9-17(10-8-15)23-16-5-3-2-4-6-16/h2-10,19H,11-14H2,1H3,(H,20,21). The SMILES string of the molecule is COCCNCCC(=O)Nc1ccc(Oc2ccccc2)cc1. The normalized spacial score (nSPS) is 10.3. The number of benzene rings is 2. The van der Waals surface area contributed by atoms with Gasteiger partial charge in [-0.2, -0.15) is 0 Å². The second kappa shape index (κ2) is 9.61. The van der Waals surface area contributed by atoms with Gasteiger partial charge in [-0.3, -0.25) is 4.79 Å². The Labute approximate surface area is 136 Å². The summed E-state index contributed by atoms with van der Waals surface area (Å²) in [5, 5.41) is 5.99. The number of nitrogens with one attached hydrogen (secondary N) is 2. The van der Waals surface area contributed by atoms with Crippen LogP contribution in [0.15, 0.2) is 54.6 Å². The number of para-hydroxylation sites is 1. The molecule has 0 aliphatic rings. The number of hydrogen-bond donors (Lipinski definition) is 2. The second-order valence-electron chi connectivity index (χ2n) is 4.98. The number of methoxy groups -OCH3 is 1. The Morgan fingerprint density at radius 1 is 0.957 bits per heavy atom. The first-order valence-corrected chi connectivity index (χ1v) is 7.60. The molecule has 0 aliphatic heterocycles. The molecule has 5 heteroatoms. The Bertz CT molecular complexity index is 585. The Balaban J connectivity index is 1.75. The molecule has 0 bridgehead atoms. The quantitative estimate of drug-likeness (QED) is 0.699. The molecule has 0 heterocycles. The van der Waals surface area contributed by atoms with Crippen LogP contribution in [0, 0.1) is 0 Å². The van der Waals surface area contributed by atoms with Crippen molar-refractivity contribution < 1.29 is 14.3 Å². The van der Waals surface area contributed by atoms with Gasteiger partial charge in [-0.25, -0.2) is 0 Å². The van der Waals surface area contributed by atoms with Crippen LogP contribution in [-0.4, -0.2) is 32.7 Å². The Morgan fingerprint density at radius 2 is 1.65 bits per heavy atom. The van der Waals surface area contributed by atoms with Gasteiger partial charge in [0.05, 0.1) is 6.61 Å². The van der Waals surface area contributed by atoms with Crippen LogP contribution in [0.25, 0.3) is 0 Å². The first-order chi connectivity index (χ1) is 11.3. The first kappa shape index (κ1) is 17.0. The number of rotatable bonds is 9. The van der Waals surface area contributed by atoms with Gasteiger partial charge in [0.15, 0.2) is 0 Å². The summed E-state index contributed by atoms with van der Waals surface area (Å²) in [7, 11) is 1.65. The maximum Gasteiger partial charge on any atom is 0.225 e. The van der Waals surface area contributed by atoms with E-state index in [1.165, 1.54) is 0 Å². The summed E-state index contributed by atoms with van der Waals surface area (Å²) in [4.78, 5) is 11.8. The number of carbonyl (C=O) groups excluding carboxylic acids is 1. The molecule has 0 atom stereocenters. The van der Waals surface area contributed by atoms with E-state index in [2.05, 4.69) is 10.6 Å². The van der Waals surface area contributed by atoms with Gasteiger partial charge < -0.3 is 20.1 Å². The van der Waals surface area contributed by atoms with E-state index in [1.54, 1.807) is 7.11 Å².